The lowest BCUT2D eigenvalue weighted by Crippen LogP contribution is -2.30. The molecule has 0 aromatic carbocycles. The van der Waals surface area contributed by atoms with E-state index in [4.69, 9.17) is 25.2 Å². The van der Waals surface area contributed by atoms with E-state index >= 15 is 0 Å². The number of aliphatic hydroxyl groups excluding tert-OH is 4. The van der Waals surface area contributed by atoms with E-state index in [0.717, 1.165) is 0 Å². The molecule has 11 heavy (non-hydrogen) atoms. The molecule has 0 aliphatic carbocycles. The molecule has 0 amide bonds. The summed E-state index contributed by atoms with van der Waals surface area (Å²) in [5.74, 6) is -0.686. The third kappa shape index (κ3) is 1.45. The van der Waals surface area contributed by atoms with E-state index in [1.807, 2.05) is 0 Å². The summed E-state index contributed by atoms with van der Waals surface area (Å²) in [7, 11) is 0. The third-order valence-electron chi connectivity index (χ3n) is 1.50. The molecule has 2 unspecified atom stereocenters. The molecule has 5 heteroatoms. The smallest absolute Gasteiger partial charge is 0.164 e. The van der Waals surface area contributed by atoms with Gasteiger partial charge in [-0.3, -0.25) is 0 Å². The maximum absolute atomic E-state index is 8.99. The predicted octanol–water partition coefficient (Wildman–Crippen LogP) is -0.934. The Labute approximate surface area is 63.2 Å². The van der Waals surface area contributed by atoms with Crippen LogP contribution in [0.15, 0.2) is 11.5 Å². The Bertz CT molecular complexity index is 176. The lowest BCUT2D eigenvalue weighted by atomic mass is 10.2. The molecule has 5 nitrogen and oxygen atoms in total. The molecular weight excluding hydrogens is 152 g/mol. The maximum atomic E-state index is 8.99. The van der Waals surface area contributed by atoms with Crippen molar-refractivity contribution in [2.45, 2.75) is 12.2 Å². The van der Waals surface area contributed by atoms with Gasteiger partial charge >= 0.3 is 0 Å². The minimum atomic E-state index is -1.18. The highest BCUT2D eigenvalue weighted by atomic mass is 16.5. The summed E-state index contributed by atoms with van der Waals surface area (Å²) >= 11 is 0. The Hall–Kier alpha value is -0.780. The van der Waals surface area contributed by atoms with Crippen LogP contribution in [0.4, 0.5) is 0 Å². The molecule has 1 aliphatic rings. The molecule has 0 aromatic rings. The number of hydrogen-bond donors (Lipinski definition) is 4. The van der Waals surface area contributed by atoms with Gasteiger partial charge in [-0.1, -0.05) is 0 Å². The highest BCUT2D eigenvalue weighted by Gasteiger charge is 2.31. The standard InChI is InChI=1S/C6H10O5/c7-1-3(8)6-5(10)4(9)2-11-6/h3,6-10H,1-2H2. The lowest BCUT2D eigenvalue weighted by molar-refractivity contribution is -0.0343. The first-order chi connectivity index (χ1) is 5.16. The van der Waals surface area contributed by atoms with Crippen LogP contribution < -0.4 is 0 Å². The van der Waals surface area contributed by atoms with Crippen molar-refractivity contribution < 1.29 is 25.2 Å². The van der Waals surface area contributed by atoms with Gasteiger partial charge < -0.3 is 25.2 Å². The van der Waals surface area contributed by atoms with Crippen LogP contribution in [0.1, 0.15) is 0 Å². The van der Waals surface area contributed by atoms with Crippen LogP contribution in [0.3, 0.4) is 0 Å². The van der Waals surface area contributed by atoms with Gasteiger partial charge in [-0.2, -0.15) is 0 Å². The fourth-order valence-electron chi connectivity index (χ4n) is 0.875. The minimum Gasteiger partial charge on any atom is -0.506 e. The quantitative estimate of drug-likeness (QED) is 0.421. The van der Waals surface area contributed by atoms with E-state index in [9.17, 15) is 0 Å². The second kappa shape index (κ2) is 3.08. The molecule has 0 radical (unpaired) electrons. The topological polar surface area (TPSA) is 90.2 Å². The van der Waals surface area contributed by atoms with Crippen LogP contribution in [0, 0.1) is 0 Å². The summed E-state index contributed by atoms with van der Waals surface area (Å²) in [5.41, 5.74) is 0. The molecule has 2 atom stereocenters. The summed E-state index contributed by atoms with van der Waals surface area (Å²) < 4.78 is 4.75. The Kier molecular flexibility index (Phi) is 2.33. The molecule has 64 valence electrons. The molecule has 1 aliphatic heterocycles. The van der Waals surface area contributed by atoms with Gasteiger partial charge in [-0.05, 0) is 0 Å². The molecule has 0 aromatic heterocycles. The van der Waals surface area contributed by atoms with Crippen molar-refractivity contribution in [2.24, 2.45) is 0 Å². The van der Waals surface area contributed by atoms with Gasteiger partial charge in [-0.15, -0.1) is 0 Å². The van der Waals surface area contributed by atoms with Gasteiger partial charge in [0.2, 0.25) is 0 Å². The van der Waals surface area contributed by atoms with E-state index in [1.54, 1.807) is 0 Å². The number of rotatable bonds is 2. The van der Waals surface area contributed by atoms with Gasteiger partial charge in [0.15, 0.2) is 11.5 Å². The van der Waals surface area contributed by atoms with Crippen molar-refractivity contribution in [1.82, 2.24) is 0 Å². The van der Waals surface area contributed by atoms with Gasteiger partial charge in [0.25, 0.3) is 0 Å². The number of ether oxygens (including phenoxy) is 1. The molecule has 0 saturated carbocycles. The van der Waals surface area contributed by atoms with E-state index in [1.165, 1.54) is 0 Å². The monoisotopic (exact) mass is 162 g/mol. The fourth-order valence-corrected chi connectivity index (χ4v) is 0.875. The van der Waals surface area contributed by atoms with Crippen molar-refractivity contribution in [3.8, 4) is 0 Å². The van der Waals surface area contributed by atoms with Gasteiger partial charge in [0.05, 0.1) is 6.61 Å². The second-order valence-corrected chi connectivity index (χ2v) is 2.31. The third-order valence-corrected chi connectivity index (χ3v) is 1.50. The van der Waals surface area contributed by atoms with Crippen LogP contribution in [0.25, 0.3) is 0 Å². The Morgan fingerprint density at radius 2 is 2.18 bits per heavy atom. The molecule has 0 fully saturated rings. The summed E-state index contributed by atoms with van der Waals surface area (Å²) in [6.07, 6.45) is -2.17. The number of aliphatic hydroxyl groups is 4. The van der Waals surface area contributed by atoms with Crippen LogP contribution in [-0.2, 0) is 4.74 Å². The molecule has 4 N–H and O–H groups in total. The van der Waals surface area contributed by atoms with E-state index in [-0.39, 0.29) is 12.4 Å². The van der Waals surface area contributed by atoms with Crippen molar-refractivity contribution in [1.29, 1.82) is 0 Å². The summed E-state index contributed by atoms with van der Waals surface area (Å²) in [4.78, 5) is 0. The van der Waals surface area contributed by atoms with Crippen molar-refractivity contribution in [3.63, 3.8) is 0 Å². The lowest BCUT2D eigenvalue weighted by Gasteiger charge is -2.14. The molecule has 0 spiro atoms. The molecular formula is C6H10O5. The van der Waals surface area contributed by atoms with Crippen molar-refractivity contribution in [2.75, 3.05) is 13.2 Å². The summed E-state index contributed by atoms with van der Waals surface area (Å²) in [6, 6.07) is 0. The van der Waals surface area contributed by atoms with E-state index in [2.05, 4.69) is 0 Å². The zero-order valence-electron chi connectivity index (χ0n) is 5.77. The van der Waals surface area contributed by atoms with Crippen molar-refractivity contribution >= 4 is 0 Å². The Morgan fingerprint density at radius 1 is 1.55 bits per heavy atom. The van der Waals surface area contributed by atoms with Gasteiger partial charge in [-0.25, -0.2) is 0 Å². The van der Waals surface area contributed by atoms with Gasteiger partial charge in [0.1, 0.15) is 18.8 Å². The summed E-state index contributed by atoms with van der Waals surface area (Å²) in [6.45, 7) is -0.629. The Balaban J connectivity index is 2.63. The SMILES string of the molecule is OCC(O)C1OCC(O)=C1O. The minimum absolute atomic E-state index is 0.118. The fraction of sp³-hybridized carbons (Fsp3) is 0.667. The van der Waals surface area contributed by atoms with E-state index < -0.39 is 24.6 Å². The molecule has 1 rings (SSSR count). The summed E-state index contributed by atoms with van der Waals surface area (Å²) in [5, 5.41) is 35.2. The molecule has 0 saturated heterocycles. The van der Waals surface area contributed by atoms with Gasteiger partial charge in [0, 0.05) is 0 Å². The Morgan fingerprint density at radius 3 is 2.55 bits per heavy atom. The van der Waals surface area contributed by atoms with E-state index in [0.29, 0.717) is 0 Å². The largest absolute Gasteiger partial charge is 0.506 e. The average molecular weight is 162 g/mol. The first-order valence-corrected chi connectivity index (χ1v) is 3.18. The molecule has 0 bridgehead atoms. The van der Waals surface area contributed by atoms with Crippen LogP contribution in [0.5, 0.6) is 0 Å². The molecule has 1 heterocycles. The first-order valence-electron chi connectivity index (χ1n) is 3.18. The zero-order chi connectivity index (χ0) is 8.43. The normalized spacial score (nSPS) is 27.6. The average Bonchev–Trinajstić information content (AvgIpc) is 2.32. The first kappa shape index (κ1) is 8.32. The van der Waals surface area contributed by atoms with Crippen LogP contribution >= 0.6 is 0 Å². The van der Waals surface area contributed by atoms with Crippen LogP contribution in [-0.4, -0.2) is 45.8 Å². The highest BCUT2D eigenvalue weighted by Crippen LogP contribution is 2.19. The van der Waals surface area contributed by atoms with Crippen LogP contribution in [0.2, 0.25) is 0 Å². The maximum Gasteiger partial charge on any atom is 0.164 e. The second-order valence-electron chi connectivity index (χ2n) is 2.31. The van der Waals surface area contributed by atoms with Crippen molar-refractivity contribution in [3.05, 3.63) is 11.5 Å². The zero-order valence-corrected chi connectivity index (χ0v) is 5.77. The number of hydrogen-bond acceptors (Lipinski definition) is 5. The highest BCUT2D eigenvalue weighted by molar-refractivity contribution is 5.11. The predicted molar refractivity (Wildman–Crippen MR) is 35.1 cm³/mol.